The molecule has 0 saturated carbocycles. The lowest BCUT2D eigenvalue weighted by Gasteiger charge is -2.38. The van der Waals surface area contributed by atoms with Gasteiger partial charge in [-0.2, -0.15) is 10.5 Å². The molecular weight excluding hydrogens is 258 g/mol. The highest BCUT2D eigenvalue weighted by Gasteiger charge is 2.29. The SMILES string of the molecule is CC.CC1(CC#N)CCN(Cc2ccc(C#N)cc2)CC1. The normalized spacial score (nSPS) is 17.0. The number of hydrogen-bond acceptors (Lipinski definition) is 3. The Bertz CT molecular complexity index is 497. The summed E-state index contributed by atoms with van der Waals surface area (Å²) in [7, 11) is 0. The highest BCUT2D eigenvalue weighted by atomic mass is 15.1. The van der Waals surface area contributed by atoms with Crippen LogP contribution in [0.25, 0.3) is 0 Å². The van der Waals surface area contributed by atoms with Gasteiger partial charge in [0.1, 0.15) is 0 Å². The second-order valence-corrected chi connectivity index (χ2v) is 5.73. The van der Waals surface area contributed by atoms with Gasteiger partial charge in [-0.25, -0.2) is 0 Å². The number of rotatable bonds is 3. The molecule has 0 aliphatic carbocycles. The summed E-state index contributed by atoms with van der Waals surface area (Å²) in [5.74, 6) is 0. The predicted molar refractivity (Wildman–Crippen MR) is 85.4 cm³/mol. The van der Waals surface area contributed by atoms with E-state index >= 15 is 0 Å². The molecule has 0 bridgehead atoms. The summed E-state index contributed by atoms with van der Waals surface area (Å²) >= 11 is 0. The van der Waals surface area contributed by atoms with Crippen molar-refractivity contribution in [2.24, 2.45) is 5.41 Å². The van der Waals surface area contributed by atoms with E-state index in [1.54, 1.807) is 0 Å². The van der Waals surface area contributed by atoms with E-state index in [1.165, 1.54) is 5.56 Å². The maximum Gasteiger partial charge on any atom is 0.0991 e. The summed E-state index contributed by atoms with van der Waals surface area (Å²) in [5, 5.41) is 17.6. The minimum Gasteiger partial charge on any atom is -0.299 e. The molecule has 21 heavy (non-hydrogen) atoms. The van der Waals surface area contributed by atoms with Crippen LogP contribution in [0.3, 0.4) is 0 Å². The van der Waals surface area contributed by atoms with Gasteiger partial charge < -0.3 is 0 Å². The van der Waals surface area contributed by atoms with Crippen molar-refractivity contribution in [3.8, 4) is 12.1 Å². The Hall–Kier alpha value is -1.84. The second kappa shape index (κ2) is 8.45. The monoisotopic (exact) mass is 283 g/mol. The van der Waals surface area contributed by atoms with Gasteiger partial charge in [-0.05, 0) is 49.0 Å². The van der Waals surface area contributed by atoms with Crippen molar-refractivity contribution in [3.63, 3.8) is 0 Å². The van der Waals surface area contributed by atoms with Gasteiger partial charge in [0, 0.05) is 13.0 Å². The van der Waals surface area contributed by atoms with Crippen LogP contribution in [-0.4, -0.2) is 18.0 Å². The van der Waals surface area contributed by atoms with E-state index < -0.39 is 0 Å². The summed E-state index contributed by atoms with van der Waals surface area (Å²) in [6.45, 7) is 9.26. The molecule has 0 N–H and O–H groups in total. The molecule has 1 heterocycles. The molecule has 1 saturated heterocycles. The highest BCUT2D eigenvalue weighted by Crippen LogP contribution is 2.34. The lowest BCUT2D eigenvalue weighted by Crippen LogP contribution is -2.38. The molecule has 0 aromatic heterocycles. The third kappa shape index (κ3) is 5.21. The molecule has 1 aliphatic rings. The van der Waals surface area contributed by atoms with Crippen molar-refractivity contribution >= 4 is 0 Å². The van der Waals surface area contributed by atoms with Gasteiger partial charge in [-0.3, -0.25) is 4.90 Å². The maximum atomic E-state index is 8.84. The number of hydrogen-bond donors (Lipinski definition) is 0. The molecule has 1 aliphatic heterocycles. The van der Waals surface area contributed by atoms with Crippen LogP contribution in [0.15, 0.2) is 24.3 Å². The Morgan fingerprint density at radius 2 is 1.67 bits per heavy atom. The number of likely N-dealkylation sites (tertiary alicyclic amines) is 1. The lowest BCUT2D eigenvalue weighted by molar-refractivity contribution is 0.116. The molecular formula is C18H25N3. The molecule has 0 amide bonds. The van der Waals surface area contributed by atoms with Crippen LogP contribution in [0.4, 0.5) is 0 Å². The Morgan fingerprint density at radius 1 is 1.10 bits per heavy atom. The zero-order valence-corrected chi connectivity index (χ0v) is 13.4. The molecule has 0 atom stereocenters. The third-order valence-corrected chi connectivity index (χ3v) is 4.06. The minimum atomic E-state index is 0.204. The molecule has 0 radical (unpaired) electrons. The van der Waals surface area contributed by atoms with Crippen LogP contribution in [0.5, 0.6) is 0 Å². The minimum absolute atomic E-state index is 0.204. The molecule has 1 aromatic carbocycles. The first-order valence-electron chi connectivity index (χ1n) is 7.74. The van der Waals surface area contributed by atoms with Gasteiger partial charge >= 0.3 is 0 Å². The second-order valence-electron chi connectivity index (χ2n) is 5.73. The fourth-order valence-corrected chi connectivity index (χ4v) is 2.56. The standard InChI is InChI=1S/C16H19N3.C2H6/c1-16(6-9-17)7-10-19(11-8-16)13-15-4-2-14(12-18)3-5-15;1-2/h2-5H,6-8,10-11,13H2,1H3;1-2H3. The highest BCUT2D eigenvalue weighted by molar-refractivity contribution is 5.31. The van der Waals surface area contributed by atoms with Crippen molar-refractivity contribution < 1.29 is 0 Å². The quantitative estimate of drug-likeness (QED) is 0.839. The van der Waals surface area contributed by atoms with Gasteiger partial charge in [0.15, 0.2) is 0 Å². The van der Waals surface area contributed by atoms with E-state index in [-0.39, 0.29) is 5.41 Å². The van der Waals surface area contributed by atoms with Crippen molar-refractivity contribution in [2.75, 3.05) is 13.1 Å². The first kappa shape index (κ1) is 17.2. The Morgan fingerprint density at radius 3 is 2.14 bits per heavy atom. The molecule has 112 valence electrons. The van der Waals surface area contributed by atoms with E-state index in [9.17, 15) is 0 Å². The Labute approximate surface area is 128 Å². The summed E-state index contributed by atoms with van der Waals surface area (Å²) < 4.78 is 0. The molecule has 3 heteroatoms. The maximum absolute atomic E-state index is 8.84. The number of piperidine rings is 1. The topological polar surface area (TPSA) is 50.8 Å². The Kier molecular flexibility index (Phi) is 6.92. The summed E-state index contributed by atoms with van der Waals surface area (Å²) in [4.78, 5) is 2.43. The number of benzene rings is 1. The van der Waals surface area contributed by atoms with Crippen LogP contribution in [0, 0.1) is 28.1 Å². The van der Waals surface area contributed by atoms with Gasteiger partial charge in [-0.15, -0.1) is 0 Å². The molecule has 3 nitrogen and oxygen atoms in total. The van der Waals surface area contributed by atoms with E-state index in [2.05, 4.69) is 24.0 Å². The fourth-order valence-electron chi connectivity index (χ4n) is 2.56. The van der Waals surface area contributed by atoms with Gasteiger partial charge in [0.25, 0.3) is 0 Å². The number of nitrogens with zero attached hydrogens (tertiary/aromatic N) is 3. The summed E-state index contributed by atoms with van der Waals surface area (Å²) in [5.41, 5.74) is 2.17. The molecule has 2 rings (SSSR count). The van der Waals surface area contributed by atoms with Crippen LogP contribution < -0.4 is 0 Å². The van der Waals surface area contributed by atoms with Crippen LogP contribution in [0.2, 0.25) is 0 Å². The summed E-state index contributed by atoms with van der Waals surface area (Å²) in [6.07, 6.45) is 2.85. The van der Waals surface area contributed by atoms with Crippen LogP contribution in [-0.2, 0) is 6.54 Å². The smallest absolute Gasteiger partial charge is 0.0991 e. The zero-order valence-electron chi connectivity index (χ0n) is 13.4. The first-order chi connectivity index (χ1) is 10.1. The average molecular weight is 283 g/mol. The van der Waals surface area contributed by atoms with Crippen LogP contribution in [0.1, 0.15) is 51.2 Å². The fraction of sp³-hybridized carbons (Fsp3) is 0.556. The van der Waals surface area contributed by atoms with Gasteiger partial charge in [0.2, 0.25) is 0 Å². The lowest BCUT2D eigenvalue weighted by atomic mass is 9.78. The molecule has 1 fully saturated rings. The van der Waals surface area contributed by atoms with Crippen molar-refractivity contribution in [1.82, 2.24) is 4.90 Å². The first-order valence-corrected chi connectivity index (χ1v) is 7.74. The van der Waals surface area contributed by atoms with Crippen molar-refractivity contribution in [2.45, 2.75) is 46.6 Å². The van der Waals surface area contributed by atoms with Crippen LogP contribution >= 0.6 is 0 Å². The number of nitriles is 2. The van der Waals surface area contributed by atoms with E-state index in [0.29, 0.717) is 12.0 Å². The van der Waals surface area contributed by atoms with E-state index in [4.69, 9.17) is 10.5 Å². The van der Waals surface area contributed by atoms with Crippen molar-refractivity contribution in [1.29, 1.82) is 10.5 Å². The van der Waals surface area contributed by atoms with Gasteiger partial charge in [0.05, 0.1) is 17.7 Å². The predicted octanol–water partition coefficient (Wildman–Crippen LogP) is 4.10. The zero-order chi connectivity index (χ0) is 15.7. The average Bonchev–Trinajstić information content (AvgIpc) is 2.53. The molecule has 0 unspecified atom stereocenters. The van der Waals surface area contributed by atoms with Crippen molar-refractivity contribution in [3.05, 3.63) is 35.4 Å². The molecule has 0 spiro atoms. The van der Waals surface area contributed by atoms with Gasteiger partial charge in [-0.1, -0.05) is 32.9 Å². The van der Waals surface area contributed by atoms with E-state index in [0.717, 1.165) is 32.5 Å². The largest absolute Gasteiger partial charge is 0.299 e. The summed E-state index contributed by atoms with van der Waals surface area (Å²) in [6, 6.07) is 12.3. The third-order valence-electron chi connectivity index (χ3n) is 4.06. The Balaban J connectivity index is 0.00000106. The van der Waals surface area contributed by atoms with E-state index in [1.807, 2.05) is 38.1 Å². The molecule has 1 aromatic rings.